The topological polar surface area (TPSA) is 163 Å². The number of carbonyl (C=O) groups is 3. The minimum atomic E-state index is -1.21. The van der Waals surface area contributed by atoms with Crippen LogP contribution in [0.4, 0.5) is 0 Å². The molecule has 0 saturated carbocycles. The highest BCUT2D eigenvalue weighted by atomic mass is 32.2. The van der Waals surface area contributed by atoms with Gasteiger partial charge in [-0.25, -0.2) is 4.79 Å². The van der Waals surface area contributed by atoms with Crippen LogP contribution in [0.15, 0.2) is 35.5 Å². The third-order valence-electron chi connectivity index (χ3n) is 5.21. The summed E-state index contributed by atoms with van der Waals surface area (Å²) in [6.07, 6.45) is 0.996. The van der Waals surface area contributed by atoms with Crippen molar-refractivity contribution in [1.82, 2.24) is 9.80 Å². The highest BCUT2D eigenvalue weighted by Crippen LogP contribution is 2.39. The van der Waals surface area contributed by atoms with E-state index in [4.69, 9.17) is 26.7 Å². The standard InChI is InChI=1S/C10H13N3.C10H12N2O5S/c11-10(12)13-6-5-8-3-1-2-4-9(8)7-13;1-4(13)17-2-5-3-18-9-6(11)8(14)12(9)7(5)10(15)16/h1-4H,5-7H2,(H3,11,12);6,9H,2-3,11H2,1H3,(H,15,16)/t;6-,9-/m.1/s1. The van der Waals surface area contributed by atoms with E-state index in [2.05, 4.69) is 18.2 Å². The van der Waals surface area contributed by atoms with Gasteiger partial charge in [0.2, 0.25) is 5.91 Å². The Balaban J connectivity index is 0.000000185. The van der Waals surface area contributed by atoms with Gasteiger partial charge in [-0.2, -0.15) is 0 Å². The van der Waals surface area contributed by atoms with Gasteiger partial charge in [-0.1, -0.05) is 24.3 Å². The molecule has 11 heteroatoms. The highest BCUT2D eigenvalue weighted by molar-refractivity contribution is 8.00. The number of amides is 1. The number of nitrogens with zero attached hydrogens (tertiary/aromatic N) is 2. The third kappa shape index (κ3) is 4.83. The molecule has 31 heavy (non-hydrogen) atoms. The average Bonchev–Trinajstić information content (AvgIpc) is 2.76. The molecular formula is C20H25N5O5S. The Kier molecular flexibility index (Phi) is 6.86. The molecule has 1 fully saturated rings. The number of benzene rings is 1. The van der Waals surface area contributed by atoms with Crippen LogP contribution in [-0.2, 0) is 32.1 Å². The Morgan fingerprint density at radius 2 is 2.00 bits per heavy atom. The van der Waals surface area contributed by atoms with Gasteiger partial charge in [0.1, 0.15) is 23.7 Å². The smallest absolute Gasteiger partial charge is 0.352 e. The number of β-lactam (4-membered cyclic amide) rings is 1. The first kappa shape index (κ1) is 22.6. The van der Waals surface area contributed by atoms with Crippen molar-refractivity contribution in [3.05, 3.63) is 46.7 Å². The molecule has 0 aliphatic carbocycles. The fourth-order valence-corrected chi connectivity index (χ4v) is 4.86. The molecule has 1 amide bonds. The number of rotatable bonds is 3. The average molecular weight is 448 g/mol. The first-order chi connectivity index (χ1) is 14.7. The van der Waals surface area contributed by atoms with Crippen LogP contribution < -0.4 is 11.5 Å². The van der Waals surface area contributed by atoms with Crippen molar-refractivity contribution in [3.8, 4) is 0 Å². The second-order valence-corrected chi connectivity index (χ2v) is 8.40. The van der Waals surface area contributed by atoms with E-state index in [1.807, 2.05) is 11.0 Å². The normalized spacial score (nSPS) is 21.8. The van der Waals surface area contributed by atoms with Gasteiger partial charge < -0.3 is 26.2 Å². The Morgan fingerprint density at radius 1 is 1.32 bits per heavy atom. The summed E-state index contributed by atoms with van der Waals surface area (Å²) in [6.45, 7) is 2.78. The lowest BCUT2D eigenvalue weighted by Crippen LogP contribution is -2.68. The second kappa shape index (κ2) is 9.40. The molecule has 166 valence electrons. The van der Waals surface area contributed by atoms with Crippen LogP contribution >= 0.6 is 11.8 Å². The number of thioether (sulfide) groups is 1. The molecule has 3 aliphatic heterocycles. The summed E-state index contributed by atoms with van der Waals surface area (Å²) in [7, 11) is 0. The summed E-state index contributed by atoms with van der Waals surface area (Å²) >= 11 is 1.37. The van der Waals surface area contributed by atoms with Crippen LogP contribution in [0.25, 0.3) is 0 Å². The lowest BCUT2D eigenvalue weighted by Gasteiger charge is -2.47. The molecule has 4 rings (SSSR count). The van der Waals surface area contributed by atoms with E-state index in [1.54, 1.807) is 0 Å². The zero-order chi connectivity index (χ0) is 22.7. The van der Waals surface area contributed by atoms with E-state index in [0.717, 1.165) is 19.5 Å². The number of guanidine groups is 1. The maximum absolute atomic E-state index is 11.6. The number of hydrogen-bond acceptors (Lipinski definition) is 7. The van der Waals surface area contributed by atoms with Gasteiger partial charge in [0, 0.05) is 31.3 Å². The van der Waals surface area contributed by atoms with Crippen LogP contribution in [0.3, 0.4) is 0 Å². The largest absolute Gasteiger partial charge is 0.477 e. The molecule has 2 atom stereocenters. The van der Waals surface area contributed by atoms with Crippen LogP contribution in [0, 0.1) is 5.41 Å². The molecule has 1 aromatic rings. The molecule has 3 aliphatic rings. The zero-order valence-corrected chi connectivity index (χ0v) is 17.9. The van der Waals surface area contributed by atoms with E-state index >= 15 is 0 Å². The van der Waals surface area contributed by atoms with Crippen LogP contribution in [0.2, 0.25) is 0 Å². The number of esters is 1. The van der Waals surface area contributed by atoms with Gasteiger partial charge in [0.25, 0.3) is 0 Å². The van der Waals surface area contributed by atoms with Crippen LogP contribution in [0.1, 0.15) is 18.1 Å². The monoisotopic (exact) mass is 447 g/mol. The molecule has 0 bridgehead atoms. The molecule has 0 radical (unpaired) electrons. The molecule has 10 nitrogen and oxygen atoms in total. The summed E-state index contributed by atoms with van der Waals surface area (Å²) in [4.78, 5) is 36.6. The number of nitrogens with two attached hydrogens (primary N) is 2. The summed E-state index contributed by atoms with van der Waals surface area (Å²) in [5.74, 6) is -1.55. The van der Waals surface area contributed by atoms with Gasteiger partial charge in [-0.3, -0.25) is 19.9 Å². The van der Waals surface area contributed by atoms with Crippen molar-refractivity contribution in [2.24, 2.45) is 11.5 Å². The number of carbonyl (C=O) groups excluding carboxylic acids is 2. The van der Waals surface area contributed by atoms with E-state index < -0.39 is 23.9 Å². The minimum absolute atomic E-state index is 0.105. The molecule has 0 spiro atoms. The van der Waals surface area contributed by atoms with Crippen LogP contribution in [0.5, 0.6) is 0 Å². The van der Waals surface area contributed by atoms with Crippen LogP contribution in [-0.4, -0.2) is 69.0 Å². The lowest BCUT2D eigenvalue weighted by atomic mass is 10.0. The van der Waals surface area contributed by atoms with E-state index in [-0.39, 0.29) is 23.6 Å². The number of carboxylic acid groups (broad SMARTS) is 1. The number of nitrogens with one attached hydrogen (secondary N) is 1. The lowest BCUT2D eigenvalue weighted by molar-refractivity contribution is -0.148. The number of aliphatic carboxylic acids is 1. The Labute approximate surface area is 183 Å². The number of hydrogen-bond donors (Lipinski definition) is 4. The van der Waals surface area contributed by atoms with Crippen molar-refractivity contribution in [3.63, 3.8) is 0 Å². The number of ether oxygens (including phenoxy) is 1. The molecule has 1 saturated heterocycles. The predicted octanol–water partition coefficient (Wildman–Crippen LogP) is 0.0688. The van der Waals surface area contributed by atoms with Crippen molar-refractivity contribution in [2.45, 2.75) is 31.3 Å². The number of fused-ring (bicyclic) bond motifs is 2. The molecule has 1 aromatic carbocycles. The summed E-state index contributed by atoms with van der Waals surface area (Å²) < 4.78 is 4.79. The Hall–Kier alpha value is -3.05. The first-order valence-electron chi connectivity index (χ1n) is 9.65. The Bertz CT molecular complexity index is 950. The molecule has 0 unspecified atom stereocenters. The van der Waals surface area contributed by atoms with E-state index in [1.165, 1.54) is 34.7 Å². The molecule has 6 N–H and O–H groups in total. The quantitative estimate of drug-likeness (QED) is 0.217. The molecule has 3 heterocycles. The van der Waals surface area contributed by atoms with Gasteiger partial charge >= 0.3 is 11.9 Å². The molecular weight excluding hydrogens is 422 g/mol. The summed E-state index contributed by atoms with van der Waals surface area (Å²) in [6, 6.07) is 7.68. The van der Waals surface area contributed by atoms with Crippen molar-refractivity contribution in [2.75, 3.05) is 18.9 Å². The highest BCUT2D eigenvalue weighted by Gasteiger charge is 2.51. The van der Waals surface area contributed by atoms with Crippen molar-refractivity contribution >= 4 is 35.6 Å². The zero-order valence-electron chi connectivity index (χ0n) is 17.0. The number of carboxylic acids is 1. The Morgan fingerprint density at radius 3 is 2.61 bits per heavy atom. The maximum Gasteiger partial charge on any atom is 0.352 e. The fraction of sp³-hybridized carbons (Fsp3) is 0.400. The predicted molar refractivity (Wildman–Crippen MR) is 115 cm³/mol. The second-order valence-electron chi connectivity index (χ2n) is 7.30. The minimum Gasteiger partial charge on any atom is -0.477 e. The molecule has 0 aromatic heterocycles. The summed E-state index contributed by atoms with van der Waals surface area (Å²) in [5, 5.41) is 16.2. The van der Waals surface area contributed by atoms with Gasteiger partial charge in [-0.15, -0.1) is 11.8 Å². The van der Waals surface area contributed by atoms with E-state index in [9.17, 15) is 14.4 Å². The van der Waals surface area contributed by atoms with Gasteiger partial charge in [-0.05, 0) is 17.5 Å². The third-order valence-corrected chi connectivity index (χ3v) is 6.57. The van der Waals surface area contributed by atoms with Crippen molar-refractivity contribution in [1.29, 1.82) is 5.41 Å². The summed E-state index contributed by atoms with van der Waals surface area (Å²) in [5.41, 5.74) is 14.0. The fourth-order valence-electron chi connectivity index (χ4n) is 3.58. The SMILES string of the molecule is CC(=O)OCC1=C(C(=O)O)N2C(=O)[C@@H](N)[C@H]2SC1.N=C(N)N1CCc2ccccc2C1. The maximum atomic E-state index is 11.6. The van der Waals surface area contributed by atoms with Gasteiger partial charge in [0.15, 0.2) is 5.96 Å². The van der Waals surface area contributed by atoms with E-state index in [0.29, 0.717) is 11.3 Å². The van der Waals surface area contributed by atoms with Crippen molar-refractivity contribution < 1.29 is 24.2 Å². The first-order valence-corrected chi connectivity index (χ1v) is 10.7. The van der Waals surface area contributed by atoms with Gasteiger partial charge in [0.05, 0.1) is 0 Å².